The maximum Gasteiger partial charge on any atom is 0.0462 e. The molecule has 0 saturated heterocycles. The lowest BCUT2D eigenvalue weighted by molar-refractivity contribution is 0.133. The Labute approximate surface area is 94.5 Å². The lowest BCUT2D eigenvalue weighted by Gasteiger charge is -2.30. The Morgan fingerprint density at radius 2 is 1.87 bits per heavy atom. The summed E-state index contributed by atoms with van der Waals surface area (Å²) in [4.78, 5) is 0. The highest BCUT2D eigenvalue weighted by atomic mass is 16.3. The van der Waals surface area contributed by atoms with Crippen LogP contribution in [0, 0.1) is 17.8 Å². The Bertz CT molecular complexity index is 159. The van der Waals surface area contributed by atoms with Gasteiger partial charge in [0.25, 0.3) is 0 Å². The molecule has 2 unspecified atom stereocenters. The third kappa shape index (κ3) is 4.98. The van der Waals surface area contributed by atoms with Crippen molar-refractivity contribution >= 4 is 0 Å². The highest BCUT2D eigenvalue weighted by Gasteiger charge is 2.23. The molecular weight excluding hydrogens is 186 g/mol. The summed E-state index contributed by atoms with van der Waals surface area (Å²) >= 11 is 0. The van der Waals surface area contributed by atoms with Crippen LogP contribution < -0.4 is 5.32 Å². The average molecular weight is 213 g/mol. The lowest BCUT2D eigenvalue weighted by atomic mass is 9.79. The van der Waals surface area contributed by atoms with E-state index in [0.717, 1.165) is 24.9 Å². The third-order valence-corrected chi connectivity index (χ3v) is 3.61. The van der Waals surface area contributed by atoms with Gasteiger partial charge in [0.05, 0.1) is 0 Å². The highest BCUT2D eigenvalue weighted by Crippen LogP contribution is 2.28. The van der Waals surface area contributed by atoms with Gasteiger partial charge in [-0.2, -0.15) is 0 Å². The van der Waals surface area contributed by atoms with Gasteiger partial charge in [0.15, 0.2) is 0 Å². The molecule has 1 aliphatic carbocycles. The van der Waals surface area contributed by atoms with Crippen molar-refractivity contribution in [2.75, 3.05) is 19.7 Å². The summed E-state index contributed by atoms with van der Waals surface area (Å²) in [5.41, 5.74) is 0. The fraction of sp³-hybridized carbons (Fsp3) is 1.00. The van der Waals surface area contributed by atoms with Crippen LogP contribution in [0.1, 0.15) is 46.0 Å². The standard InChI is InChI=1S/C13H27NO/c1-11(2)7-8-14-9-12-5-3-4-6-13(12)10-15/h11-15H,3-10H2,1-2H3. The number of rotatable bonds is 6. The van der Waals surface area contributed by atoms with E-state index in [4.69, 9.17) is 0 Å². The Kier molecular flexibility index (Phi) is 6.26. The first kappa shape index (κ1) is 13.0. The molecule has 90 valence electrons. The van der Waals surface area contributed by atoms with E-state index in [-0.39, 0.29) is 0 Å². The fourth-order valence-corrected chi connectivity index (χ4v) is 2.47. The lowest BCUT2D eigenvalue weighted by Crippen LogP contribution is -2.33. The van der Waals surface area contributed by atoms with Crippen LogP contribution in [0.5, 0.6) is 0 Å². The number of aliphatic hydroxyl groups is 1. The normalized spacial score (nSPS) is 27.2. The zero-order chi connectivity index (χ0) is 11.1. The van der Waals surface area contributed by atoms with Gasteiger partial charge in [-0.15, -0.1) is 0 Å². The van der Waals surface area contributed by atoms with E-state index in [9.17, 15) is 5.11 Å². The van der Waals surface area contributed by atoms with Crippen LogP contribution in [0.3, 0.4) is 0 Å². The Morgan fingerprint density at radius 1 is 1.20 bits per heavy atom. The zero-order valence-electron chi connectivity index (χ0n) is 10.3. The molecule has 2 heteroatoms. The molecule has 2 nitrogen and oxygen atoms in total. The summed E-state index contributed by atoms with van der Waals surface area (Å²) in [6, 6.07) is 0. The van der Waals surface area contributed by atoms with Crippen molar-refractivity contribution in [2.45, 2.75) is 46.0 Å². The highest BCUT2D eigenvalue weighted by molar-refractivity contribution is 4.76. The smallest absolute Gasteiger partial charge is 0.0462 e. The second-order valence-electron chi connectivity index (χ2n) is 5.37. The summed E-state index contributed by atoms with van der Waals surface area (Å²) in [5.74, 6) is 2.07. The second-order valence-corrected chi connectivity index (χ2v) is 5.37. The maximum absolute atomic E-state index is 9.28. The number of aliphatic hydroxyl groups excluding tert-OH is 1. The summed E-state index contributed by atoms with van der Waals surface area (Å²) in [5, 5.41) is 12.8. The van der Waals surface area contributed by atoms with Gasteiger partial charge in [-0.25, -0.2) is 0 Å². The summed E-state index contributed by atoms with van der Waals surface area (Å²) in [6.45, 7) is 7.15. The monoisotopic (exact) mass is 213 g/mol. The molecular formula is C13H27NO. The van der Waals surface area contributed by atoms with Gasteiger partial charge in [0.1, 0.15) is 0 Å². The minimum Gasteiger partial charge on any atom is -0.396 e. The van der Waals surface area contributed by atoms with E-state index < -0.39 is 0 Å². The van der Waals surface area contributed by atoms with Gasteiger partial charge < -0.3 is 10.4 Å². The Hall–Kier alpha value is -0.0800. The molecule has 0 aromatic heterocycles. The van der Waals surface area contributed by atoms with E-state index in [1.165, 1.54) is 32.1 Å². The third-order valence-electron chi connectivity index (χ3n) is 3.61. The van der Waals surface area contributed by atoms with Crippen molar-refractivity contribution in [3.63, 3.8) is 0 Å². The maximum atomic E-state index is 9.28. The average Bonchev–Trinajstić information content (AvgIpc) is 2.24. The van der Waals surface area contributed by atoms with Gasteiger partial charge in [-0.1, -0.05) is 26.7 Å². The number of nitrogens with one attached hydrogen (secondary N) is 1. The molecule has 2 N–H and O–H groups in total. The quantitative estimate of drug-likeness (QED) is 0.664. The van der Waals surface area contributed by atoms with Crippen LogP contribution in [0.2, 0.25) is 0 Å². The first-order chi connectivity index (χ1) is 7.24. The molecule has 15 heavy (non-hydrogen) atoms. The first-order valence-electron chi connectivity index (χ1n) is 6.55. The van der Waals surface area contributed by atoms with Crippen molar-refractivity contribution < 1.29 is 5.11 Å². The first-order valence-corrected chi connectivity index (χ1v) is 6.55. The molecule has 1 saturated carbocycles. The number of hydrogen-bond acceptors (Lipinski definition) is 2. The summed E-state index contributed by atoms with van der Waals surface area (Å²) in [6.07, 6.45) is 6.46. The molecule has 0 radical (unpaired) electrons. The van der Waals surface area contributed by atoms with E-state index >= 15 is 0 Å². The predicted molar refractivity (Wildman–Crippen MR) is 64.9 cm³/mol. The fourth-order valence-electron chi connectivity index (χ4n) is 2.47. The second kappa shape index (κ2) is 7.24. The molecule has 2 atom stereocenters. The molecule has 1 aliphatic rings. The Morgan fingerprint density at radius 3 is 2.47 bits per heavy atom. The molecule has 0 aliphatic heterocycles. The SMILES string of the molecule is CC(C)CCNCC1CCCCC1CO. The van der Waals surface area contributed by atoms with Crippen LogP contribution in [0.15, 0.2) is 0 Å². The molecule has 0 spiro atoms. The minimum absolute atomic E-state index is 0.385. The Balaban J connectivity index is 2.12. The van der Waals surface area contributed by atoms with E-state index in [1.807, 2.05) is 0 Å². The van der Waals surface area contributed by atoms with Gasteiger partial charge in [-0.05, 0) is 50.1 Å². The van der Waals surface area contributed by atoms with Crippen molar-refractivity contribution in [3.05, 3.63) is 0 Å². The largest absolute Gasteiger partial charge is 0.396 e. The van der Waals surface area contributed by atoms with Crippen LogP contribution >= 0.6 is 0 Å². The minimum atomic E-state index is 0.385. The van der Waals surface area contributed by atoms with Gasteiger partial charge in [-0.3, -0.25) is 0 Å². The van der Waals surface area contributed by atoms with Gasteiger partial charge >= 0.3 is 0 Å². The van der Waals surface area contributed by atoms with Crippen LogP contribution in [0.25, 0.3) is 0 Å². The summed E-state index contributed by atoms with van der Waals surface area (Å²) < 4.78 is 0. The van der Waals surface area contributed by atoms with Crippen LogP contribution in [0.4, 0.5) is 0 Å². The van der Waals surface area contributed by atoms with Crippen LogP contribution in [-0.4, -0.2) is 24.8 Å². The van der Waals surface area contributed by atoms with E-state index in [1.54, 1.807) is 0 Å². The van der Waals surface area contributed by atoms with Gasteiger partial charge in [0, 0.05) is 6.61 Å². The predicted octanol–water partition coefficient (Wildman–Crippen LogP) is 2.42. The van der Waals surface area contributed by atoms with Crippen molar-refractivity contribution in [3.8, 4) is 0 Å². The van der Waals surface area contributed by atoms with Crippen molar-refractivity contribution in [1.82, 2.24) is 5.32 Å². The topological polar surface area (TPSA) is 32.3 Å². The number of hydrogen-bond donors (Lipinski definition) is 2. The molecule has 1 rings (SSSR count). The van der Waals surface area contributed by atoms with Crippen molar-refractivity contribution in [1.29, 1.82) is 0 Å². The van der Waals surface area contributed by atoms with Crippen LogP contribution in [-0.2, 0) is 0 Å². The molecule has 0 aromatic carbocycles. The zero-order valence-corrected chi connectivity index (χ0v) is 10.3. The van der Waals surface area contributed by atoms with Gasteiger partial charge in [0.2, 0.25) is 0 Å². The van der Waals surface area contributed by atoms with E-state index in [2.05, 4.69) is 19.2 Å². The molecule has 0 bridgehead atoms. The molecule has 0 aromatic rings. The van der Waals surface area contributed by atoms with E-state index in [0.29, 0.717) is 12.5 Å². The molecule has 0 heterocycles. The molecule has 0 amide bonds. The van der Waals surface area contributed by atoms with Crippen molar-refractivity contribution in [2.24, 2.45) is 17.8 Å². The molecule has 1 fully saturated rings. The summed E-state index contributed by atoms with van der Waals surface area (Å²) in [7, 11) is 0.